The number of carbonyl (C=O) groups excluding carboxylic acids is 2. The van der Waals surface area contributed by atoms with E-state index in [0.717, 1.165) is 37.7 Å². The van der Waals surface area contributed by atoms with Crippen LogP contribution >= 0.6 is 0 Å². The molecule has 1 unspecified atom stereocenters. The van der Waals surface area contributed by atoms with Gasteiger partial charge in [-0.25, -0.2) is 0 Å². The highest BCUT2D eigenvalue weighted by atomic mass is 16.2. The molecule has 1 heterocycles. The third kappa shape index (κ3) is 3.05. The van der Waals surface area contributed by atoms with Crippen LogP contribution in [0.4, 0.5) is 0 Å². The number of nitrogens with one attached hydrogen (secondary N) is 1. The van der Waals surface area contributed by atoms with Gasteiger partial charge in [0.25, 0.3) is 0 Å². The maximum absolute atomic E-state index is 13.5. The van der Waals surface area contributed by atoms with Crippen molar-refractivity contribution in [2.75, 3.05) is 6.54 Å². The van der Waals surface area contributed by atoms with Gasteiger partial charge in [0, 0.05) is 12.5 Å². The SMILES string of the molecule is N[C@@H]1C(=O)NCCCC1C(=O)C1(c2ccccc2)CCCCC1. The molecule has 23 heavy (non-hydrogen) atoms. The minimum absolute atomic E-state index is 0.181. The van der Waals surface area contributed by atoms with Crippen LogP contribution in [0.15, 0.2) is 30.3 Å². The van der Waals surface area contributed by atoms with Crippen molar-refractivity contribution < 1.29 is 9.59 Å². The lowest BCUT2D eigenvalue weighted by Crippen LogP contribution is -2.51. The van der Waals surface area contributed by atoms with E-state index in [1.807, 2.05) is 18.2 Å². The van der Waals surface area contributed by atoms with Crippen molar-refractivity contribution in [3.63, 3.8) is 0 Å². The van der Waals surface area contributed by atoms with Crippen LogP contribution in [0.5, 0.6) is 0 Å². The van der Waals surface area contributed by atoms with Gasteiger partial charge in [0.2, 0.25) is 5.91 Å². The quantitative estimate of drug-likeness (QED) is 0.899. The first-order valence-electron chi connectivity index (χ1n) is 8.78. The lowest BCUT2D eigenvalue weighted by Gasteiger charge is -2.39. The molecule has 1 saturated carbocycles. The normalized spacial score (nSPS) is 27.8. The van der Waals surface area contributed by atoms with Crippen LogP contribution in [0.25, 0.3) is 0 Å². The summed E-state index contributed by atoms with van der Waals surface area (Å²) in [7, 11) is 0. The number of hydrogen-bond donors (Lipinski definition) is 2. The van der Waals surface area contributed by atoms with Gasteiger partial charge in [0.05, 0.1) is 11.5 Å². The zero-order chi connectivity index (χ0) is 16.3. The third-order valence-corrected chi connectivity index (χ3v) is 5.57. The molecule has 2 aliphatic rings. The van der Waals surface area contributed by atoms with Crippen LogP contribution < -0.4 is 11.1 Å². The molecule has 1 aliphatic heterocycles. The first-order chi connectivity index (χ1) is 11.1. The summed E-state index contributed by atoms with van der Waals surface area (Å²) in [6.45, 7) is 0.620. The molecule has 4 nitrogen and oxygen atoms in total. The molecule has 1 saturated heterocycles. The first kappa shape index (κ1) is 16.2. The van der Waals surface area contributed by atoms with Crippen LogP contribution in [-0.2, 0) is 15.0 Å². The number of carbonyl (C=O) groups is 2. The Hall–Kier alpha value is -1.68. The molecular weight excluding hydrogens is 288 g/mol. The maximum atomic E-state index is 13.5. The average Bonchev–Trinajstić information content (AvgIpc) is 2.77. The second-order valence-corrected chi connectivity index (χ2v) is 6.94. The fourth-order valence-corrected chi connectivity index (χ4v) is 4.25. The van der Waals surface area contributed by atoms with Gasteiger partial charge in [0.15, 0.2) is 0 Å². The molecular formula is C19H26N2O2. The molecule has 1 amide bonds. The molecule has 4 heteroatoms. The lowest BCUT2D eigenvalue weighted by molar-refractivity contribution is -0.134. The Kier molecular flexibility index (Phi) is 4.81. The molecule has 1 aromatic rings. The van der Waals surface area contributed by atoms with Crippen LogP contribution in [0.3, 0.4) is 0 Å². The van der Waals surface area contributed by atoms with E-state index in [1.54, 1.807) is 0 Å². The summed E-state index contributed by atoms with van der Waals surface area (Å²) in [5.41, 5.74) is 6.78. The topological polar surface area (TPSA) is 72.2 Å². The lowest BCUT2D eigenvalue weighted by atomic mass is 9.63. The van der Waals surface area contributed by atoms with Gasteiger partial charge in [-0.3, -0.25) is 9.59 Å². The van der Waals surface area contributed by atoms with Gasteiger partial charge in [-0.2, -0.15) is 0 Å². The average molecular weight is 314 g/mol. The second kappa shape index (κ2) is 6.83. The first-order valence-corrected chi connectivity index (χ1v) is 8.78. The zero-order valence-corrected chi connectivity index (χ0v) is 13.6. The Morgan fingerprint density at radius 1 is 1.09 bits per heavy atom. The highest BCUT2D eigenvalue weighted by molar-refractivity contribution is 5.97. The van der Waals surface area contributed by atoms with E-state index in [-0.39, 0.29) is 17.6 Å². The Morgan fingerprint density at radius 3 is 2.48 bits per heavy atom. The highest BCUT2D eigenvalue weighted by Crippen LogP contribution is 2.43. The molecule has 0 spiro atoms. The smallest absolute Gasteiger partial charge is 0.237 e. The summed E-state index contributed by atoms with van der Waals surface area (Å²) in [4.78, 5) is 25.6. The molecule has 3 N–H and O–H groups in total. The third-order valence-electron chi connectivity index (χ3n) is 5.57. The summed E-state index contributed by atoms with van der Waals surface area (Å²) >= 11 is 0. The van der Waals surface area contributed by atoms with E-state index >= 15 is 0 Å². The van der Waals surface area contributed by atoms with Crippen molar-refractivity contribution >= 4 is 11.7 Å². The van der Waals surface area contributed by atoms with E-state index < -0.39 is 11.5 Å². The number of Topliss-reactive ketones (excluding diaryl/α,β-unsaturated/α-hetero) is 1. The minimum atomic E-state index is -0.715. The van der Waals surface area contributed by atoms with Crippen molar-refractivity contribution in [3.05, 3.63) is 35.9 Å². The molecule has 2 fully saturated rings. The van der Waals surface area contributed by atoms with E-state index in [0.29, 0.717) is 13.0 Å². The van der Waals surface area contributed by atoms with Crippen LogP contribution in [-0.4, -0.2) is 24.3 Å². The molecule has 0 aromatic heterocycles. The van der Waals surface area contributed by atoms with Crippen molar-refractivity contribution in [1.82, 2.24) is 5.32 Å². The van der Waals surface area contributed by atoms with Crippen molar-refractivity contribution in [3.8, 4) is 0 Å². The summed E-state index contributed by atoms with van der Waals surface area (Å²) in [6, 6.07) is 9.39. The largest absolute Gasteiger partial charge is 0.355 e. The van der Waals surface area contributed by atoms with Crippen LogP contribution in [0.1, 0.15) is 50.5 Å². The fourth-order valence-electron chi connectivity index (χ4n) is 4.25. The van der Waals surface area contributed by atoms with Crippen molar-refractivity contribution in [2.45, 2.75) is 56.4 Å². The summed E-state index contributed by atoms with van der Waals surface area (Å²) < 4.78 is 0. The highest BCUT2D eigenvalue weighted by Gasteiger charge is 2.46. The standard InChI is InChI=1S/C19H26N2O2/c20-16-15(10-7-13-21-18(16)23)17(22)19(11-5-2-6-12-19)14-8-3-1-4-9-14/h1,3-4,8-9,15-16H,2,5-7,10-13,20H2,(H,21,23)/t15?,16-/m0/s1. The Balaban J connectivity index is 1.96. The summed E-state index contributed by atoms with van der Waals surface area (Å²) in [5.74, 6) is -0.358. The number of amides is 1. The molecule has 1 aliphatic carbocycles. The molecule has 3 rings (SSSR count). The molecule has 0 bridgehead atoms. The maximum Gasteiger partial charge on any atom is 0.237 e. The molecule has 2 atom stereocenters. The second-order valence-electron chi connectivity index (χ2n) is 6.94. The van der Waals surface area contributed by atoms with Crippen LogP contribution in [0.2, 0.25) is 0 Å². The Morgan fingerprint density at radius 2 is 1.78 bits per heavy atom. The van der Waals surface area contributed by atoms with Gasteiger partial charge < -0.3 is 11.1 Å². The zero-order valence-electron chi connectivity index (χ0n) is 13.6. The van der Waals surface area contributed by atoms with E-state index in [1.165, 1.54) is 6.42 Å². The van der Waals surface area contributed by atoms with Crippen molar-refractivity contribution in [1.29, 1.82) is 0 Å². The summed E-state index contributed by atoms with van der Waals surface area (Å²) in [5, 5.41) is 2.82. The minimum Gasteiger partial charge on any atom is -0.355 e. The molecule has 0 radical (unpaired) electrons. The van der Waals surface area contributed by atoms with Gasteiger partial charge in [-0.15, -0.1) is 0 Å². The van der Waals surface area contributed by atoms with Gasteiger partial charge in [-0.05, 0) is 31.2 Å². The fraction of sp³-hybridized carbons (Fsp3) is 0.579. The molecule has 1 aromatic carbocycles. The number of benzene rings is 1. The van der Waals surface area contributed by atoms with E-state index in [2.05, 4.69) is 17.4 Å². The number of ketones is 1. The van der Waals surface area contributed by atoms with Crippen molar-refractivity contribution in [2.24, 2.45) is 11.7 Å². The van der Waals surface area contributed by atoms with Gasteiger partial charge in [0.1, 0.15) is 5.78 Å². The monoisotopic (exact) mass is 314 g/mol. The summed E-state index contributed by atoms with van der Waals surface area (Å²) in [6.07, 6.45) is 6.58. The molecule has 124 valence electrons. The predicted octanol–water partition coefficient (Wildman–Crippen LogP) is 2.31. The predicted molar refractivity (Wildman–Crippen MR) is 89.9 cm³/mol. The van der Waals surface area contributed by atoms with Crippen LogP contribution in [0, 0.1) is 5.92 Å². The Labute approximate surface area is 137 Å². The Bertz CT molecular complexity index is 564. The van der Waals surface area contributed by atoms with Gasteiger partial charge >= 0.3 is 0 Å². The number of nitrogens with two attached hydrogens (primary N) is 1. The number of rotatable bonds is 3. The number of hydrogen-bond acceptors (Lipinski definition) is 3. The van der Waals surface area contributed by atoms with Gasteiger partial charge in [-0.1, -0.05) is 49.6 Å². The van der Waals surface area contributed by atoms with E-state index in [4.69, 9.17) is 5.73 Å². The van der Waals surface area contributed by atoms with E-state index in [9.17, 15) is 9.59 Å².